The van der Waals surface area contributed by atoms with Crippen molar-refractivity contribution in [2.24, 2.45) is 5.92 Å². The van der Waals surface area contributed by atoms with Crippen LogP contribution in [-0.2, 0) is 0 Å². The lowest BCUT2D eigenvalue weighted by Crippen LogP contribution is -2.10. The molecule has 0 N–H and O–H groups in total. The Labute approximate surface area is 119 Å². The highest BCUT2D eigenvalue weighted by molar-refractivity contribution is 6.03. The molecular weight excluding hydrogens is 248 g/mol. The Morgan fingerprint density at radius 2 is 1.90 bits per heavy atom. The second-order valence-corrected chi connectivity index (χ2v) is 5.68. The topological polar surface area (TPSA) is 26.3 Å². The lowest BCUT2D eigenvalue weighted by Gasteiger charge is -2.16. The Bertz CT molecular complexity index is 624. The molecule has 1 saturated carbocycles. The van der Waals surface area contributed by atoms with Crippen molar-refractivity contribution in [2.75, 3.05) is 6.61 Å². The summed E-state index contributed by atoms with van der Waals surface area (Å²) in [6.45, 7) is 2.33. The molecule has 2 heteroatoms. The molecule has 0 amide bonds. The van der Waals surface area contributed by atoms with Crippen molar-refractivity contribution in [3.63, 3.8) is 0 Å². The molecule has 0 bridgehead atoms. The van der Waals surface area contributed by atoms with Gasteiger partial charge in [0.2, 0.25) is 0 Å². The average molecular weight is 268 g/mol. The Balaban J connectivity index is 1.96. The Morgan fingerprint density at radius 1 is 1.15 bits per heavy atom. The largest absolute Gasteiger partial charge is 0.492 e. The van der Waals surface area contributed by atoms with E-state index in [-0.39, 0.29) is 5.78 Å². The average Bonchev–Trinajstić information content (AvgIpc) is 2.97. The van der Waals surface area contributed by atoms with Gasteiger partial charge >= 0.3 is 0 Å². The maximum absolute atomic E-state index is 11.8. The molecule has 104 valence electrons. The van der Waals surface area contributed by atoms with Crippen molar-refractivity contribution in [1.82, 2.24) is 0 Å². The molecule has 1 aliphatic carbocycles. The first-order valence-corrected chi connectivity index (χ1v) is 7.41. The smallest absolute Gasteiger partial charge is 0.163 e. The number of fused-ring (bicyclic) bond motifs is 1. The second kappa shape index (κ2) is 5.66. The first kappa shape index (κ1) is 13.2. The van der Waals surface area contributed by atoms with Gasteiger partial charge in [0.15, 0.2) is 5.78 Å². The van der Waals surface area contributed by atoms with Crippen LogP contribution < -0.4 is 4.74 Å². The fraction of sp³-hybridized carbons (Fsp3) is 0.389. The predicted octanol–water partition coefficient (Wildman–Crippen LogP) is 4.61. The number of hydrogen-bond acceptors (Lipinski definition) is 2. The zero-order valence-corrected chi connectivity index (χ0v) is 11.9. The maximum atomic E-state index is 11.8. The molecule has 2 nitrogen and oxygen atoms in total. The number of ether oxygens (including phenoxy) is 1. The molecule has 0 heterocycles. The molecule has 2 aromatic rings. The molecule has 0 saturated heterocycles. The van der Waals surface area contributed by atoms with Crippen molar-refractivity contribution in [2.45, 2.75) is 32.6 Å². The molecule has 0 aromatic heterocycles. The molecule has 0 atom stereocenters. The lowest BCUT2D eigenvalue weighted by atomic mass is 10.0. The van der Waals surface area contributed by atoms with Crippen LogP contribution in [0.1, 0.15) is 43.0 Å². The summed E-state index contributed by atoms with van der Waals surface area (Å²) >= 11 is 0. The van der Waals surface area contributed by atoms with E-state index in [1.807, 2.05) is 30.3 Å². The molecule has 0 aliphatic heterocycles. The van der Waals surface area contributed by atoms with Crippen LogP contribution in [0.15, 0.2) is 36.4 Å². The predicted molar refractivity (Wildman–Crippen MR) is 81.4 cm³/mol. The van der Waals surface area contributed by atoms with Gasteiger partial charge in [0.25, 0.3) is 0 Å². The van der Waals surface area contributed by atoms with E-state index < -0.39 is 0 Å². The van der Waals surface area contributed by atoms with Crippen molar-refractivity contribution in [3.8, 4) is 5.75 Å². The van der Waals surface area contributed by atoms with Gasteiger partial charge in [-0.25, -0.2) is 0 Å². The molecular formula is C18H20O2. The van der Waals surface area contributed by atoms with E-state index in [4.69, 9.17) is 4.74 Å². The summed E-state index contributed by atoms with van der Waals surface area (Å²) in [5, 5.41) is 2.16. The quantitative estimate of drug-likeness (QED) is 0.757. The fourth-order valence-corrected chi connectivity index (χ4v) is 3.05. The van der Waals surface area contributed by atoms with Gasteiger partial charge in [-0.3, -0.25) is 4.79 Å². The van der Waals surface area contributed by atoms with Crippen LogP contribution in [0.3, 0.4) is 0 Å². The SMILES string of the molecule is CC(=O)c1ccc2ccccc2c1OCC1CCCC1. The van der Waals surface area contributed by atoms with E-state index >= 15 is 0 Å². The van der Waals surface area contributed by atoms with Crippen LogP contribution in [0.25, 0.3) is 10.8 Å². The minimum atomic E-state index is 0.0668. The number of carbonyl (C=O) groups excluding carboxylic acids is 1. The highest BCUT2D eigenvalue weighted by Crippen LogP contribution is 2.32. The van der Waals surface area contributed by atoms with E-state index in [1.165, 1.54) is 25.7 Å². The van der Waals surface area contributed by atoms with Crippen LogP contribution in [-0.4, -0.2) is 12.4 Å². The van der Waals surface area contributed by atoms with Crippen LogP contribution in [0.5, 0.6) is 5.75 Å². The number of ketones is 1. The summed E-state index contributed by atoms with van der Waals surface area (Å²) in [4.78, 5) is 11.8. The zero-order valence-electron chi connectivity index (χ0n) is 11.9. The highest BCUT2D eigenvalue weighted by atomic mass is 16.5. The molecule has 1 fully saturated rings. The number of hydrogen-bond donors (Lipinski definition) is 0. The highest BCUT2D eigenvalue weighted by Gasteiger charge is 2.18. The molecule has 1 aliphatic rings. The molecule has 3 rings (SSSR count). The lowest BCUT2D eigenvalue weighted by molar-refractivity contribution is 0.101. The maximum Gasteiger partial charge on any atom is 0.163 e. The summed E-state index contributed by atoms with van der Waals surface area (Å²) in [6, 6.07) is 12.0. The zero-order chi connectivity index (χ0) is 13.9. The second-order valence-electron chi connectivity index (χ2n) is 5.68. The summed E-state index contributed by atoms with van der Waals surface area (Å²) in [7, 11) is 0. The monoisotopic (exact) mass is 268 g/mol. The van der Waals surface area contributed by atoms with Gasteiger partial charge in [0.05, 0.1) is 12.2 Å². The number of Topliss-reactive ketones (excluding diaryl/α,β-unsaturated/α-hetero) is 1. The fourth-order valence-electron chi connectivity index (χ4n) is 3.05. The summed E-state index contributed by atoms with van der Waals surface area (Å²) in [5.41, 5.74) is 0.696. The summed E-state index contributed by atoms with van der Waals surface area (Å²) in [5.74, 6) is 1.48. The van der Waals surface area contributed by atoms with Crippen LogP contribution in [0.4, 0.5) is 0 Å². The first-order chi connectivity index (χ1) is 9.75. The van der Waals surface area contributed by atoms with Crippen LogP contribution >= 0.6 is 0 Å². The molecule has 0 spiro atoms. The molecule has 20 heavy (non-hydrogen) atoms. The third kappa shape index (κ3) is 2.55. The summed E-state index contributed by atoms with van der Waals surface area (Å²) in [6.07, 6.45) is 5.12. The molecule has 0 radical (unpaired) electrons. The van der Waals surface area contributed by atoms with Crippen LogP contribution in [0.2, 0.25) is 0 Å². The number of rotatable bonds is 4. The van der Waals surface area contributed by atoms with Crippen molar-refractivity contribution in [3.05, 3.63) is 42.0 Å². The number of carbonyl (C=O) groups is 1. The standard InChI is InChI=1S/C18H20O2/c1-13(19)16-11-10-15-8-4-5-9-17(15)18(16)20-12-14-6-2-3-7-14/h4-5,8-11,14H,2-3,6-7,12H2,1H3. The summed E-state index contributed by atoms with van der Waals surface area (Å²) < 4.78 is 6.07. The van der Waals surface area contributed by atoms with Gasteiger partial charge in [-0.15, -0.1) is 0 Å². The van der Waals surface area contributed by atoms with Gasteiger partial charge in [-0.1, -0.05) is 43.2 Å². The number of benzene rings is 2. The van der Waals surface area contributed by atoms with Gasteiger partial charge < -0.3 is 4.74 Å². The normalized spacial score (nSPS) is 15.7. The van der Waals surface area contributed by atoms with E-state index in [0.717, 1.165) is 23.1 Å². The van der Waals surface area contributed by atoms with E-state index in [0.29, 0.717) is 11.5 Å². The Hall–Kier alpha value is -1.83. The Morgan fingerprint density at radius 3 is 2.65 bits per heavy atom. The van der Waals surface area contributed by atoms with E-state index in [1.54, 1.807) is 6.92 Å². The first-order valence-electron chi connectivity index (χ1n) is 7.41. The van der Waals surface area contributed by atoms with Crippen LogP contribution in [0, 0.1) is 5.92 Å². The van der Waals surface area contributed by atoms with E-state index in [2.05, 4.69) is 6.07 Å². The van der Waals surface area contributed by atoms with E-state index in [9.17, 15) is 4.79 Å². The van der Waals surface area contributed by atoms with Crippen molar-refractivity contribution >= 4 is 16.6 Å². The van der Waals surface area contributed by atoms with Gasteiger partial charge in [0.1, 0.15) is 5.75 Å². The molecule has 2 aromatic carbocycles. The minimum absolute atomic E-state index is 0.0668. The third-order valence-corrected chi connectivity index (χ3v) is 4.20. The van der Waals surface area contributed by atoms with Gasteiger partial charge in [-0.05, 0) is 37.1 Å². The molecule has 0 unspecified atom stereocenters. The van der Waals surface area contributed by atoms with Crippen molar-refractivity contribution < 1.29 is 9.53 Å². The van der Waals surface area contributed by atoms with Crippen molar-refractivity contribution in [1.29, 1.82) is 0 Å². The van der Waals surface area contributed by atoms with Gasteiger partial charge in [-0.2, -0.15) is 0 Å². The third-order valence-electron chi connectivity index (χ3n) is 4.20. The minimum Gasteiger partial charge on any atom is -0.492 e. The van der Waals surface area contributed by atoms with Gasteiger partial charge in [0, 0.05) is 5.39 Å². The Kier molecular flexibility index (Phi) is 3.72.